The molecule has 1 N–H and O–H groups in total. The van der Waals surface area contributed by atoms with Crippen LogP contribution < -0.4 is 16.1 Å². The Kier molecular flexibility index (Phi) is 5.82. The van der Waals surface area contributed by atoms with Gasteiger partial charge in [0.2, 0.25) is 0 Å². The van der Waals surface area contributed by atoms with Crippen molar-refractivity contribution in [1.82, 2.24) is 14.5 Å². The van der Waals surface area contributed by atoms with Crippen LogP contribution in [0.1, 0.15) is 31.2 Å². The van der Waals surface area contributed by atoms with Gasteiger partial charge in [0, 0.05) is 42.4 Å². The summed E-state index contributed by atoms with van der Waals surface area (Å²) < 4.78 is 1.36. The molecule has 2 atom stereocenters. The van der Waals surface area contributed by atoms with Crippen molar-refractivity contribution in [2.75, 3.05) is 24.5 Å². The monoisotopic (exact) mass is 452 g/mol. The first-order chi connectivity index (χ1) is 15.5. The molecule has 0 spiro atoms. The van der Waals surface area contributed by atoms with Gasteiger partial charge in [-0.1, -0.05) is 23.2 Å². The summed E-state index contributed by atoms with van der Waals surface area (Å²) in [6.07, 6.45) is 4.26. The Morgan fingerprint density at radius 3 is 2.38 bits per heavy atom. The van der Waals surface area contributed by atoms with E-state index in [-0.39, 0.29) is 11.2 Å². The summed E-state index contributed by atoms with van der Waals surface area (Å²) in [5.74, 6) is 0. The summed E-state index contributed by atoms with van der Waals surface area (Å²) in [4.78, 5) is 33.2. The Morgan fingerprint density at radius 1 is 0.969 bits per heavy atom. The zero-order valence-corrected chi connectivity index (χ0v) is 19.1. The van der Waals surface area contributed by atoms with Crippen molar-refractivity contribution in [1.29, 1.82) is 0 Å². The summed E-state index contributed by atoms with van der Waals surface area (Å²) in [7, 11) is 0. The number of unbranched alkanes of at least 4 members (excludes halogenated alkanes) is 1. The minimum absolute atomic E-state index is 0.191. The topological polar surface area (TPSA) is 61.3 Å². The SMILES string of the molecule is Cc1ccc2[nH]c(=O)n(CCCCN3C4CCC3CN(c3ccc(Cl)cc3)C4)c(=O)c2c1. The predicted molar refractivity (Wildman–Crippen MR) is 130 cm³/mol. The second-order valence-corrected chi connectivity index (χ2v) is 9.58. The molecule has 2 bridgehead atoms. The third-order valence-corrected chi connectivity index (χ3v) is 7.26. The lowest BCUT2D eigenvalue weighted by atomic mass is 10.1. The molecule has 3 aromatic rings. The number of anilines is 1. The highest BCUT2D eigenvalue weighted by Gasteiger charge is 2.39. The zero-order chi connectivity index (χ0) is 22.2. The van der Waals surface area contributed by atoms with E-state index < -0.39 is 0 Å². The van der Waals surface area contributed by atoms with E-state index in [1.165, 1.54) is 23.1 Å². The van der Waals surface area contributed by atoms with E-state index in [1.807, 2.05) is 31.2 Å². The molecule has 1 aromatic heterocycles. The summed E-state index contributed by atoms with van der Waals surface area (Å²) in [5.41, 5.74) is 2.36. The number of nitrogens with zero attached hydrogens (tertiary/aromatic N) is 3. The van der Waals surface area contributed by atoms with Crippen LogP contribution in [-0.4, -0.2) is 46.2 Å². The van der Waals surface area contributed by atoms with Crippen molar-refractivity contribution >= 4 is 28.2 Å². The molecule has 3 heterocycles. The van der Waals surface area contributed by atoms with E-state index in [4.69, 9.17) is 11.6 Å². The number of hydrogen-bond acceptors (Lipinski definition) is 4. The zero-order valence-electron chi connectivity index (χ0n) is 18.4. The van der Waals surface area contributed by atoms with Gasteiger partial charge < -0.3 is 9.88 Å². The summed E-state index contributed by atoms with van der Waals surface area (Å²) in [6, 6.07) is 14.8. The largest absolute Gasteiger partial charge is 0.368 e. The summed E-state index contributed by atoms with van der Waals surface area (Å²) in [6.45, 7) is 5.51. The van der Waals surface area contributed by atoms with Crippen LogP contribution in [0, 0.1) is 6.92 Å². The molecule has 32 heavy (non-hydrogen) atoms. The van der Waals surface area contributed by atoms with Gasteiger partial charge in [-0.2, -0.15) is 0 Å². The lowest BCUT2D eigenvalue weighted by Gasteiger charge is -2.42. The lowest BCUT2D eigenvalue weighted by molar-refractivity contribution is 0.165. The number of benzene rings is 2. The minimum Gasteiger partial charge on any atom is -0.368 e. The number of fused-ring (bicyclic) bond motifs is 3. The van der Waals surface area contributed by atoms with Crippen LogP contribution in [0.25, 0.3) is 10.9 Å². The molecule has 0 saturated carbocycles. The molecule has 2 fully saturated rings. The Hall–Kier alpha value is -2.57. The first-order valence-electron chi connectivity index (χ1n) is 11.5. The number of halogens is 1. The molecule has 2 aliphatic heterocycles. The second kappa shape index (κ2) is 8.75. The van der Waals surface area contributed by atoms with E-state index in [0.29, 0.717) is 29.5 Å². The number of aromatic amines is 1. The van der Waals surface area contributed by atoms with Crippen molar-refractivity contribution in [3.8, 4) is 0 Å². The van der Waals surface area contributed by atoms with Crippen molar-refractivity contribution in [3.05, 3.63) is 73.9 Å². The van der Waals surface area contributed by atoms with Gasteiger partial charge >= 0.3 is 5.69 Å². The van der Waals surface area contributed by atoms with Crippen LogP contribution >= 0.6 is 11.6 Å². The quantitative estimate of drug-likeness (QED) is 0.578. The number of rotatable bonds is 6. The Balaban J connectivity index is 1.20. The molecule has 2 aliphatic rings. The summed E-state index contributed by atoms with van der Waals surface area (Å²) >= 11 is 6.04. The smallest absolute Gasteiger partial charge is 0.328 e. The van der Waals surface area contributed by atoms with Crippen molar-refractivity contribution in [2.24, 2.45) is 0 Å². The molecule has 2 unspecified atom stereocenters. The van der Waals surface area contributed by atoms with Gasteiger partial charge in [0.15, 0.2) is 0 Å². The molecular weight excluding hydrogens is 424 g/mol. The molecule has 2 aromatic carbocycles. The average Bonchev–Trinajstić information content (AvgIpc) is 3.01. The molecule has 7 heteroatoms. The van der Waals surface area contributed by atoms with Gasteiger partial charge in [-0.15, -0.1) is 0 Å². The first-order valence-corrected chi connectivity index (χ1v) is 11.9. The van der Waals surface area contributed by atoms with E-state index in [0.717, 1.165) is 43.1 Å². The van der Waals surface area contributed by atoms with Gasteiger partial charge in [0.25, 0.3) is 5.56 Å². The molecule has 0 aliphatic carbocycles. The second-order valence-electron chi connectivity index (χ2n) is 9.15. The lowest BCUT2D eigenvalue weighted by Crippen LogP contribution is -2.54. The highest BCUT2D eigenvalue weighted by molar-refractivity contribution is 6.30. The van der Waals surface area contributed by atoms with E-state index in [9.17, 15) is 9.59 Å². The van der Waals surface area contributed by atoms with E-state index >= 15 is 0 Å². The highest BCUT2D eigenvalue weighted by atomic mass is 35.5. The van der Waals surface area contributed by atoms with Gasteiger partial charge in [-0.3, -0.25) is 14.3 Å². The van der Waals surface area contributed by atoms with Crippen LogP contribution in [-0.2, 0) is 6.54 Å². The Bertz CT molecular complexity index is 1220. The first kappa shape index (κ1) is 21.3. The van der Waals surface area contributed by atoms with Crippen LogP contribution in [0.15, 0.2) is 52.1 Å². The van der Waals surface area contributed by atoms with Crippen LogP contribution in [0.2, 0.25) is 5.02 Å². The Morgan fingerprint density at radius 2 is 1.66 bits per heavy atom. The molecule has 6 nitrogen and oxygen atoms in total. The number of nitrogens with one attached hydrogen (secondary N) is 1. The number of aryl methyl sites for hydroxylation is 1. The third kappa shape index (κ3) is 4.09. The van der Waals surface area contributed by atoms with Crippen LogP contribution in [0.5, 0.6) is 0 Å². The normalized spacial score (nSPS) is 20.9. The fourth-order valence-electron chi connectivity index (χ4n) is 5.35. The number of hydrogen-bond donors (Lipinski definition) is 1. The minimum atomic E-state index is -0.317. The molecule has 168 valence electrons. The molecule has 2 saturated heterocycles. The highest BCUT2D eigenvalue weighted by Crippen LogP contribution is 2.33. The van der Waals surface area contributed by atoms with Gasteiger partial charge in [-0.25, -0.2) is 4.79 Å². The summed E-state index contributed by atoms with van der Waals surface area (Å²) in [5, 5.41) is 1.36. The number of piperazine rings is 1. The van der Waals surface area contributed by atoms with Crippen LogP contribution in [0.4, 0.5) is 5.69 Å². The third-order valence-electron chi connectivity index (χ3n) is 7.01. The van der Waals surface area contributed by atoms with E-state index in [2.05, 4.69) is 26.9 Å². The van der Waals surface area contributed by atoms with Gasteiger partial charge in [0.05, 0.1) is 10.9 Å². The maximum Gasteiger partial charge on any atom is 0.328 e. The van der Waals surface area contributed by atoms with Crippen molar-refractivity contribution in [3.63, 3.8) is 0 Å². The van der Waals surface area contributed by atoms with Crippen molar-refractivity contribution < 1.29 is 0 Å². The van der Waals surface area contributed by atoms with Gasteiger partial charge in [0.1, 0.15) is 0 Å². The Labute approximate surface area is 192 Å². The fraction of sp³-hybridized carbons (Fsp3) is 0.440. The standard InChI is InChI=1S/C25H29ClN4O2/c1-17-4-11-23-22(14-17)24(31)30(25(32)27-23)13-3-2-12-29-20-9-10-21(29)16-28(15-20)19-7-5-18(26)6-8-19/h4-8,11,14,20-21H,2-3,9-10,12-13,15-16H2,1H3,(H,27,32). The van der Waals surface area contributed by atoms with E-state index in [1.54, 1.807) is 6.07 Å². The molecule has 0 amide bonds. The van der Waals surface area contributed by atoms with Gasteiger partial charge in [-0.05, 0) is 75.5 Å². The molecule has 5 rings (SSSR count). The predicted octanol–water partition coefficient (Wildman–Crippen LogP) is 3.79. The average molecular weight is 453 g/mol. The fourth-order valence-corrected chi connectivity index (χ4v) is 5.48. The number of aromatic nitrogens is 2. The van der Waals surface area contributed by atoms with Crippen molar-refractivity contribution in [2.45, 2.75) is 51.2 Å². The maximum atomic E-state index is 12.8. The molecule has 0 radical (unpaired) electrons. The molecular formula is C25H29ClN4O2. The maximum absolute atomic E-state index is 12.8. The van der Waals surface area contributed by atoms with Crippen LogP contribution in [0.3, 0.4) is 0 Å². The number of H-pyrrole nitrogens is 1.